The number of hydrogen-bond donors (Lipinski definition) is 1. The molecule has 1 aromatic carbocycles. The lowest BCUT2D eigenvalue weighted by atomic mass is 10.0. The van der Waals surface area contributed by atoms with E-state index in [1.165, 1.54) is 0 Å². The Morgan fingerprint density at radius 2 is 2.13 bits per heavy atom. The third kappa shape index (κ3) is 2.07. The molecule has 1 N–H and O–H groups in total. The molecule has 1 heterocycles. The average molecular weight is 215 g/mol. The normalized spacial score (nSPS) is 12.0. The zero-order chi connectivity index (χ0) is 10.7. The molecule has 0 aliphatic heterocycles. The van der Waals surface area contributed by atoms with Crippen molar-refractivity contribution in [3.05, 3.63) is 57.8 Å². The molecule has 0 saturated heterocycles. The Kier molecular flexibility index (Phi) is 2.82. The molecule has 0 saturated carbocycles. The maximum atomic E-state index is 10.00. The Labute approximate surface area is 92.0 Å². The van der Waals surface area contributed by atoms with E-state index < -0.39 is 6.10 Å². The van der Waals surface area contributed by atoms with Gasteiger partial charge in [0.1, 0.15) is 6.10 Å². The fourth-order valence-electron chi connectivity index (χ4n) is 1.40. The van der Waals surface area contributed by atoms with Crippen molar-refractivity contribution in [1.29, 1.82) is 5.26 Å². The van der Waals surface area contributed by atoms with Gasteiger partial charge in [-0.05, 0) is 40.1 Å². The molecule has 1 aromatic heterocycles. The first-order chi connectivity index (χ1) is 7.31. The van der Waals surface area contributed by atoms with Crippen molar-refractivity contribution < 1.29 is 5.11 Å². The number of aliphatic hydroxyl groups excluding tert-OH is 1. The van der Waals surface area contributed by atoms with Crippen LogP contribution < -0.4 is 0 Å². The highest BCUT2D eigenvalue weighted by molar-refractivity contribution is 7.07. The first-order valence-electron chi connectivity index (χ1n) is 4.51. The number of thiophene rings is 1. The lowest BCUT2D eigenvalue weighted by Crippen LogP contribution is -1.97. The standard InChI is InChI=1S/C12H9NOS/c13-7-9-2-1-3-10(6-9)12(14)11-4-5-15-8-11/h1-6,8,12,14H. The van der Waals surface area contributed by atoms with Gasteiger partial charge >= 0.3 is 0 Å². The minimum atomic E-state index is -0.635. The summed E-state index contributed by atoms with van der Waals surface area (Å²) in [6.07, 6.45) is -0.635. The molecule has 0 fully saturated rings. The SMILES string of the molecule is N#Cc1cccc(C(O)c2ccsc2)c1. The van der Waals surface area contributed by atoms with Crippen molar-refractivity contribution in [1.82, 2.24) is 0 Å². The number of aliphatic hydroxyl groups is 1. The van der Waals surface area contributed by atoms with Gasteiger partial charge in [-0.25, -0.2) is 0 Å². The quantitative estimate of drug-likeness (QED) is 0.837. The molecule has 2 rings (SSSR count). The highest BCUT2D eigenvalue weighted by Crippen LogP contribution is 2.24. The second kappa shape index (κ2) is 4.26. The number of rotatable bonds is 2. The maximum absolute atomic E-state index is 10.00. The molecule has 0 bridgehead atoms. The van der Waals surface area contributed by atoms with Crippen molar-refractivity contribution in [2.45, 2.75) is 6.10 Å². The highest BCUT2D eigenvalue weighted by Gasteiger charge is 2.10. The molecule has 0 radical (unpaired) electrons. The van der Waals surface area contributed by atoms with Crippen molar-refractivity contribution in [3.8, 4) is 6.07 Å². The fourth-order valence-corrected chi connectivity index (χ4v) is 2.08. The van der Waals surface area contributed by atoms with Crippen molar-refractivity contribution in [2.75, 3.05) is 0 Å². The van der Waals surface area contributed by atoms with Gasteiger partial charge < -0.3 is 5.11 Å². The Bertz CT molecular complexity index is 485. The maximum Gasteiger partial charge on any atom is 0.105 e. The number of hydrogen-bond acceptors (Lipinski definition) is 3. The Morgan fingerprint density at radius 1 is 1.27 bits per heavy atom. The largest absolute Gasteiger partial charge is 0.384 e. The minimum Gasteiger partial charge on any atom is -0.384 e. The molecule has 0 spiro atoms. The van der Waals surface area contributed by atoms with E-state index in [0.717, 1.165) is 11.1 Å². The molecule has 0 amide bonds. The monoisotopic (exact) mass is 215 g/mol. The number of benzene rings is 1. The van der Waals surface area contributed by atoms with Crippen LogP contribution in [0.5, 0.6) is 0 Å². The van der Waals surface area contributed by atoms with Gasteiger partial charge in [-0.2, -0.15) is 16.6 Å². The molecule has 0 aliphatic rings. The molecule has 1 atom stereocenters. The second-order valence-electron chi connectivity index (χ2n) is 3.20. The van der Waals surface area contributed by atoms with Gasteiger partial charge in [-0.15, -0.1) is 0 Å². The van der Waals surface area contributed by atoms with Crippen LogP contribution in [0.15, 0.2) is 41.1 Å². The first-order valence-corrected chi connectivity index (χ1v) is 5.46. The summed E-state index contributed by atoms with van der Waals surface area (Å²) in [4.78, 5) is 0. The first kappa shape index (κ1) is 9.91. The van der Waals surface area contributed by atoms with E-state index in [1.54, 1.807) is 29.5 Å². The fraction of sp³-hybridized carbons (Fsp3) is 0.0833. The summed E-state index contributed by atoms with van der Waals surface area (Å²) in [5.74, 6) is 0. The van der Waals surface area contributed by atoms with Gasteiger partial charge in [-0.1, -0.05) is 12.1 Å². The molecule has 15 heavy (non-hydrogen) atoms. The van der Waals surface area contributed by atoms with E-state index in [2.05, 4.69) is 6.07 Å². The smallest absolute Gasteiger partial charge is 0.105 e. The zero-order valence-corrected chi connectivity index (χ0v) is 8.74. The molecule has 0 aliphatic carbocycles. The van der Waals surface area contributed by atoms with Gasteiger partial charge in [0.15, 0.2) is 0 Å². The predicted molar refractivity (Wildman–Crippen MR) is 59.5 cm³/mol. The van der Waals surface area contributed by atoms with E-state index >= 15 is 0 Å². The van der Waals surface area contributed by atoms with Gasteiger partial charge in [-0.3, -0.25) is 0 Å². The summed E-state index contributed by atoms with van der Waals surface area (Å²) < 4.78 is 0. The molecule has 2 aromatic rings. The predicted octanol–water partition coefficient (Wildman–Crippen LogP) is 2.70. The van der Waals surface area contributed by atoms with Crippen LogP contribution in [0.2, 0.25) is 0 Å². The third-order valence-corrected chi connectivity index (χ3v) is 2.89. The van der Waals surface area contributed by atoms with Crippen LogP contribution in [0.3, 0.4) is 0 Å². The van der Waals surface area contributed by atoms with Crippen LogP contribution >= 0.6 is 11.3 Å². The van der Waals surface area contributed by atoms with Crippen molar-refractivity contribution >= 4 is 11.3 Å². The summed E-state index contributed by atoms with van der Waals surface area (Å²) in [6, 6.07) is 11.0. The molecule has 3 heteroatoms. The van der Waals surface area contributed by atoms with Gasteiger partial charge in [0.25, 0.3) is 0 Å². The lowest BCUT2D eigenvalue weighted by Gasteiger charge is -2.08. The van der Waals surface area contributed by atoms with Crippen LogP contribution in [0.4, 0.5) is 0 Å². The zero-order valence-electron chi connectivity index (χ0n) is 7.92. The summed E-state index contributed by atoms with van der Waals surface area (Å²) in [5, 5.41) is 22.6. The van der Waals surface area contributed by atoms with Crippen LogP contribution in [0.25, 0.3) is 0 Å². The molecular formula is C12H9NOS. The molecule has 1 unspecified atom stereocenters. The van der Waals surface area contributed by atoms with E-state index in [0.29, 0.717) is 5.56 Å². The van der Waals surface area contributed by atoms with Crippen LogP contribution in [-0.2, 0) is 0 Å². The molecule has 2 nitrogen and oxygen atoms in total. The van der Waals surface area contributed by atoms with E-state index in [9.17, 15) is 5.11 Å². The molecule has 74 valence electrons. The average Bonchev–Trinajstić information content (AvgIpc) is 2.81. The lowest BCUT2D eigenvalue weighted by molar-refractivity contribution is 0.221. The van der Waals surface area contributed by atoms with E-state index in [-0.39, 0.29) is 0 Å². The number of nitriles is 1. The van der Waals surface area contributed by atoms with E-state index in [1.807, 2.05) is 22.9 Å². The van der Waals surface area contributed by atoms with E-state index in [4.69, 9.17) is 5.26 Å². The summed E-state index contributed by atoms with van der Waals surface area (Å²) in [7, 11) is 0. The summed E-state index contributed by atoms with van der Waals surface area (Å²) >= 11 is 1.55. The van der Waals surface area contributed by atoms with Gasteiger partial charge in [0, 0.05) is 0 Å². The van der Waals surface area contributed by atoms with Gasteiger partial charge in [0.05, 0.1) is 11.6 Å². The number of nitrogens with zero attached hydrogens (tertiary/aromatic N) is 1. The topological polar surface area (TPSA) is 44.0 Å². The Morgan fingerprint density at radius 3 is 2.80 bits per heavy atom. The molecular weight excluding hydrogens is 206 g/mol. The van der Waals surface area contributed by atoms with Crippen molar-refractivity contribution in [2.24, 2.45) is 0 Å². The Hall–Kier alpha value is -1.63. The third-order valence-electron chi connectivity index (χ3n) is 2.19. The Balaban J connectivity index is 2.34. The highest BCUT2D eigenvalue weighted by atomic mass is 32.1. The van der Waals surface area contributed by atoms with Crippen LogP contribution in [-0.4, -0.2) is 5.11 Å². The summed E-state index contributed by atoms with van der Waals surface area (Å²) in [6.45, 7) is 0. The van der Waals surface area contributed by atoms with Gasteiger partial charge in [0.2, 0.25) is 0 Å². The van der Waals surface area contributed by atoms with Crippen LogP contribution in [0, 0.1) is 11.3 Å². The second-order valence-corrected chi connectivity index (χ2v) is 3.98. The minimum absolute atomic E-state index is 0.571. The summed E-state index contributed by atoms with van der Waals surface area (Å²) in [5.41, 5.74) is 2.20. The van der Waals surface area contributed by atoms with Crippen molar-refractivity contribution in [3.63, 3.8) is 0 Å². The van der Waals surface area contributed by atoms with Crippen LogP contribution in [0.1, 0.15) is 22.8 Å².